The number of aliphatic hydroxyl groups is 1. The third-order valence-electron chi connectivity index (χ3n) is 5.40. The highest BCUT2D eigenvalue weighted by atomic mass is 16.6. The fraction of sp³-hybridized carbons (Fsp3) is 0.304. The number of aryl methyl sites for hydroxylation is 2. The summed E-state index contributed by atoms with van der Waals surface area (Å²) in [5, 5.41) is 22.2. The van der Waals surface area contributed by atoms with Crippen LogP contribution in [0.5, 0.6) is 0 Å². The molecule has 0 bridgehead atoms. The van der Waals surface area contributed by atoms with E-state index in [2.05, 4.69) is 0 Å². The molecular formula is C23H25N3O5. The topological polar surface area (TPSA) is 104 Å². The van der Waals surface area contributed by atoms with Gasteiger partial charge in [0.2, 0.25) is 0 Å². The average Bonchev–Trinajstić information content (AvgIpc) is 2.98. The molecule has 1 N–H and O–H groups in total. The molecule has 1 unspecified atom stereocenters. The zero-order valence-corrected chi connectivity index (χ0v) is 18.0. The maximum Gasteiger partial charge on any atom is 0.295 e. The number of ketones is 1. The summed E-state index contributed by atoms with van der Waals surface area (Å²) in [7, 11) is 3.71. The number of hydrogen-bond donors (Lipinski definition) is 1. The van der Waals surface area contributed by atoms with Crippen LogP contribution in [0, 0.1) is 24.0 Å². The molecule has 162 valence electrons. The minimum absolute atomic E-state index is 0.00805. The summed E-state index contributed by atoms with van der Waals surface area (Å²) in [6.07, 6.45) is 0. The number of likely N-dealkylation sites (N-methyl/N-ethyl adjacent to an activating group) is 1. The summed E-state index contributed by atoms with van der Waals surface area (Å²) >= 11 is 0. The molecule has 1 fully saturated rings. The Hall–Kier alpha value is -3.52. The Labute approximate surface area is 180 Å². The van der Waals surface area contributed by atoms with Crippen LogP contribution in [0.1, 0.15) is 28.3 Å². The fourth-order valence-electron chi connectivity index (χ4n) is 3.68. The molecule has 1 heterocycles. The second-order valence-corrected chi connectivity index (χ2v) is 7.96. The number of non-ortho nitro benzene ring substituents is 1. The van der Waals surface area contributed by atoms with Gasteiger partial charge >= 0.3 is 0 Å². The highest BCUT2D eigenvalue weighted by Gasteiger charge is 2.46. The van der Waals surface area contributed by atoms with Crippen LogP contribution in [0.25, 0.3) is 5.76 Å². The molecule has 31 heavy (non-hydrogen) atoms. The molecule has 1 aliphatic rings. The van der Waals surface area contributed by atoms with E-state index in [4.69, 9.17) is 0 Å². The van der Waals surface area contributed by atoms with E-state index in [1.165, 1.54) is 29.2 Å². The first-order chi connectivity index (χ1) is 14.6. The van der Waals surface area contributed by atoms with E-state index in [1.54, 1.807) is 6.07 Å². The summed E-state index contributed by atoms with van der Waals surface area (Å²) in [6.45, 7) is 4.47. The van der Waals surface area contributed by atoms with Gasteiger partial charge in [-0.25, -0.2) is 0 Å². The number of amides is 1. The first-order valence-corrected chi connectivity index (χ1v) is 9.87. The van der Waals surface area contributed by atoms with Crippen molar-refractivity contribution < 1.29 is 19.6 Å². The van der Waals surface area contributed by atoms with E-state index in [9.17, 15) is 24.8 Å². The lowest BCUT2D eigenvalue weighted by Gasteiger charge is -2.26. The zero-order chi connectivity index (χ0) is 22.9. The van der Waals surface area contributed by atoms with Crippen molar-refractivity contribution in [3.05, 3.63) is 80.4 Å². The number of Topliss-reactive ketones (excluding diaryl/α,β-unsaturated/α-hetero) is 1. The standard InChI is InChI=1S/C23H25N3O5/c1-14-5-6-15(2)18(13-14)21(27)19-20(16-7-9-17(10-8-16)26(30)31)25(12-11-24(3)4)23(29)22(19)28/h5-10,13,20,27H,11-12H2,1-4H3/b21-19+. The van der Waals surface area contributed by atoms with Crippen LogP contribution in [0.2, 0.25) is 0 Å². The first-order valence-electron chi connectivity index (χ1n) is 9.87. The van der Waals surface area contributed by atoms with Crippen LogP contribution in [0.15, 0.2) is 48.0 Å². The number of hydrogen-bond acceptors (Lipinski definition) is 6. The quantitative estimate of drug-likeness (QED) is 0.252. The Bertz CT molecular complexity index is 1070. The molecule has 3 rings (SSSR count). The van der Waals surface area contributed by atoms with Crippen LogP contribution < -0.4 is 0 Å². The molecule has 0 aromatic heterocycles. The van der Waals surface area contributed by atoms with Crippen LogP contribution in [0.4, 0.5) is 5.69 Å². The molecule has 8 heteroatoms. The summed E-state index contributed by atoms with van der Waals surface area (Å²) in [5.74, 6) is -1.70. The van der Waals surface area contributed by atoms with E-state index >= 15 is 0 Å². The number of nitro benzene ring substituents is 1. The molecule has 1 atom stereocenters. The third-order valence-corrected chi connectivity index (χ3v) is 5.40. The SMILES string of the molecule is Cc1ccc(C)c(/C(O)=C2\C(=O)C(=O)N(CCN(C)C)C2c2ccc([N+](=O)[O-])cc2)c1. The molecule has 1 saturated heterocycles. The highest BCUT2D eigenvalue weighted by molar-refractivity contribution is 6.46. The van der Waals surface area contributed by atoms with Gasteiger partial charge in [-0.05, 0) is 57.3 Å². The maximum absolute atomic E-state index is 13.0. The second kappa shape index (κ2) is 8.69. The molecule has 1 amide bonds. The minimum atomic E-state index is -0.833. The van der Waals surface area contributed by atoms with Crippen molar-refractivity contribution in [2.24, 2.45) is 0 Å². The Morgan fingerprint density at radius 1 is 1.13 bits per heavy atom. The van der Waals surface area contributed by atoms with Gasteiger partial charge in [0.15, 0.2) is 0 Å². The number of likely N-dealkylation sites (tertiary alicyclic amines) is 1. The van der Waals surface area contributed by atoms with Gasteiger partial charge in [0.1, 0.15) is 5.76 Å². The molecule has 0 saturated carbocycles. The highest BCUT2D eigenvalue weighted by Crippen LogP contribution is 2.40. The number of aliphatic hydroxyl groups excluding tert-OH is 1. The number of nitro groups is 1. The van der Waals surface area contributed by atoms with Gasteiger partial charge in [0.25, 0.3) is 17.4 Å². The summed E-state index contributed by atoms with van der Waals surface area (Å²) in [4.78, 5) is 39.7. The van der Waals surface area contributed by atoms with Gasteiger partial charge in [-0.2, -0.15) is 0 Å². The van der Waals surface area contributed by atoms with Crippen molar-refractivity contribution in [3.63, 3.8) is 0 Å². The molecule has 0 spiro atoms. The van der Waals surface area contributed by atoms with Crippen molar-refractivity contribution >= 4 is 23.1 Å². The molecule has 2 aromatic carbocycles. The third kappa shape index (κ3) is 4.34. The van der Waals surface area contributed by atoms with Crippen molar-refractivity contribution in [2.75, 3.05) is 27.2 Å². The second-order valence-electron chi connectivity index (χ2n) is 7.96. The number of benzene rings is 2. The molecule has 0 aliphatic carbocycles. The number of carbonyl (C=O) groups is 2. The predicted octanol–water partition coefficient (Wildman–Crippen LogP) is 3.19. The molecule has 2 aromatic rings. The Kier molecular flexibility index (Phi) is 6.21. The molecule has 8 nitrogen and oxygen atoms in total. The number of rotatable bonds is 6. The van der Waals surface area contributed by atoms with Crippen LogP contribution in [-0.4, -0.2) is 58.7 Å². The van der Waals surface area contributed by atoms with Crippen LogP contribution in [0.3, 0.4) is 0 Å². The molecular weight excluding hydrogens is 398 g/mol. The van der Waals surface area contributed by atoms with Crippen molar-refractivity contribution in [3.8, 4) is 0 Å². The van der Waals surface area contributed by atoms with Crippen molar-refractivity contribution in [1.29, 1.82) is 0 Å². The van der Waals surface area contributed by atoms with Crippen molar-refractivity contribution in [2.45, 2.75) is 19.9 Å². The van der Waals surface area contributed by atoms with E-state index in [0.29, 0.717) is 17.7 Å². The van der Waals surface area contributed by atoms with Gasteiger partial charge in [-0.3, -0.25) is 19.7 Å². The van der Waals surface area contributed by atoms with Gasteiger partial charge < -0.3 is 14.9 Å². The van der Waals surface area contributed by atoms with E-state index in [0.717, 1.165) is 11.1 Å². The summed E-state index contributed by atoms with van der Waals surface area (Å²) in [5.41, 5.74) is 2.58. The molecule has 0 radical (unpaired) electrons. The number of nitrogens with zero attached hydrogens (tertiary/aromatic N) is 3. The van der Waals surface area contributed by atoms with Crippen LogP contribution in [-0.2, 0) is 9.59 Å². The smallest absolute Gasteiger partial charge is 0.295 e. The van der Waals surface area contributed by atoms with Crippen molar-refractivity contribution in [1.82, 2.24) is 9.80 Å². The zero-order valence-electron chi connectivity index (χ0n) is 18.0. The lowest BCUT2D eigenvalue weighted by atomic mass is 9.93. The predicted molar refractivity (Wildman–Crippen MR) is 117 cm³/mol. The van der Waals surface area contributed by atoms with E-state index in [-0.39, 0.29) is 23.6 Å². The first kappa shape index (κ1) is 22.2. The Morgan fingerprint density at radius 3 is 2.35 bits per heavy atom. The Morgan fingerprint density at radius 2 is 1.77 bits per heavy atom. The lowest BCUT2D eigenvalue weighted by molar-refractivity contribution is -0.384. The summed E-state index contributed by atoms with van der Waals surface area (Å²) in [6, 6.07) is 10.4. The fourth-order valence-corrected chi connectivity index (χ4v) is 3.68. The van der Waals surface area contributed by atoms with Gasteiger partial charge in [-0.15, -0.1) is 0 Å². The molecule has 1 aliphatic heterocycles. The summed E-state index contributed by atoms with van der Waals surface area (Å²) < 4.78 is 0. The van der Waals surface area contributed by atoms with Crippen LogP contribution >= 0.6 is 0 Å². The Balaban J connectivity index is 2.19. The van der Waals surface area contributed by atoms with Gasteiger partial charge in [0, 0.05) is 30.8 Å². The van der Waals surface area contributed by atoms with Gasteiger partial charge in [0.05, 0.1) is 16.5 Å². The monoisotopic (exact) mass is 423 g/mol. The van der Waals surface area contributed by atoms with E-state index in [1.807, 2.05) is 45.0 Å². The minimum Gasteiger partial charge on any atom is -0.507 e. The lowest BCUT2D eigenvalue weighted by Crippen LogP contribution is -2.35. The number of carbonyl (C=O) groups excluding carboxylic acids is 2. The maximum atomic E-state index is 13.0. The van der Waals surface area contributed by atoms with E-state index < -0.39 is 22.7 Å². The largest absolute Gasteiger partial charge is 0.507 e. The average molecular weight is 423 g/mol. The normalized spacial score (nSPS) is 18.1. The van der Waals surface area contributed by atoms with Gasteiger partial charge in [-0.1, -0.05) is 17.7 Å².